The average molecular weight is 399 g/mol. The van der Waals surface area contributed by atoms with Crippen LogP contribution in [0.15, 0.2) is 36.8 Å². The van der Waals surface area contributed by atoms with Crippen molar-refractivity contribution in [3.63, 3.8) is 0 Å². The van der Waals surface area contributed by atoms with Gasteiger partial charge in [-0.15, -0.1) is 0 Å². The number of carbonyl (C=O) groups is 1. The Kier molecular flexibility index (Phi) is 3.94. The lowest BCUT2D eigenvalue weighted by Gasteiger charge is -2.23. The van der Waals surface area contributed by atoms with Crippen molar-refractivity contribution in [3.05, 3.63) is 47.9 Å². The molecule has 1 amide bonds. The van der Waals surface area contributed by atoms with E-state index in [1.807, 2.05) is 13.0 Å². The molecule has 9 heteroatoms. The SMILES string of the molecule is CC1Cc2cc(NC(=O)c3cnn4cccnc34)c(N3CCC(F)(F)C3)cc2O1. The summed E-state index contributed by atoms with van der Waals surface area (Å²) >= 11 is 0. The summed E-state index contributed by atoms with van der Waals surface area (Å²) in [5.41, 5.74) is 2.71. The van der Waals surface area contributed by atoms with Crippen LogP contribution in [0.2, 0.25) is 0 Å². The zero-order valence-corrected chi connectivity index (χ0v) is 15.7. The second-order valence-corrected chi connectivity index (χ2v) is 7.54. The maximum absolute atomic E-state index is 13.8. The van der Waals surface area contributed by atoms with Crippen LogP contribution in [0.3, 0.4) is 0 Å². The number of rotatable bonds is 3. The third kappa shape index (κ3) is 3.16. The van der Waals surface area contributed by atoms with Crippen LogP contribution < -0.4 is 15.0 Å². The maximum atomic E-state index is 13.8. The van der Waals surface area contributed by atoms with Gasteiger partial charge in [0, 0.05) is 43.4 Å². The number of halogens is 2. The Morgan fingerprint density at radius 2 is 2.24 bits per heavy atom. The smallest absolute Gasteiger partial charge is 0.266 e. The van der Waals surface area contributed by atoms with E-state index in [0.29, 0.717) is 34.8 Å². The van der Waals surface area contributed by atoms with Gasteiger partial charge in [-0.3, -0.25) is 4.79 Å². The molecule has 1 atom stereocenters. The van der Waals surface area contributed by atoms with Gasteiger partial charge in [-0.25, -0.2) is 18.3 Å². The maximum Gasteiger partial charge on any atom is 0.266 e. The molecule has 2 aromatic heterocycles. The van der Waals surface area contributed by atoms with Gasteiger partial charge in [0.2, 0.25) is 0 Å². The zero-order chi connectivity index (χ0) is 20.2. The monoisotopic (exact) mass is 399 g/mol. The lowest BCUT2D eigenvalue weighted by molar-refractivity contribution is 0.0257. The van der Waals surface area contributed by atoms with Gasteiger partial charge in [-0.05, 0) is 19.1 Å². The summed E-state index contributed by atoms with van der Waals surface area (Å²) in [5, 5.41) is 7.01. The van der Waals surface area contributed by atoms with Crippen molar-refractivity contribution in [1.29, 1.82) is 0 Å². The molecule has 4 heterocycles. The normalized spacial score (nSPS) is 20.0. The van der Waals surface area contributed by atoms with Gasteiger partial charge in [0.1, 0.15) is 17.4 Å². The number of nitrogens with zero attached hydrogens (tertiary/aromatic N) is 4. The Morgan fingerprint density at radius 3 is 3.03 bits per heavy atom. The summed E-state index contributed by atoms with van der Waals surface area (Å²) < 4.78 is 35.0. The minimum absolute atomic E-state index is 0.00707. The second kappa shape index (κ2) is 6.40. The van der Waals surface area contributed by atoms with Crippen molar-refractivity contribution in [2.45, 2.75) is 31.8 Å². The van der Waals surface area contributed by atoms with Gasteiger partial charge in [0.05, 0.1) is 24.1 Å². The number of fused-ring (bicyclic) bond motifs is 2. The van der Waals surface area contributed by atoms with E-state index in [2.05, 4.69) is 15.4 Å². The minimum atomic E-state index is -2.75. The summed E-state index contributed by atoms with van der Waals surface area (Å²) in [5.74, 6) is -2.46. The predicted molar refractivity (Wildman–Crippen MR) is 103 cm³/mol. The highest BCUT2D eigenvalue weighted by Gasteiger charge is 2.39. The molecule has 1 aromatic carbocycles. The molecule has 0 radical (unpaired) electrons. The molecule has 3 aromatic rings. The standard InChI is InChI=1S/C20H19F2N5O2/c1-12-7-13-8-15(16(9-17(13)29-12)26-6-3-20(21,22)11-26)25-19(28)14-10-24-27-5-2-4-23-18(14)27/h2,4-5,8-10,12H,3,6-7,11H2,1H3,(H,25,28). The molecule has 2 aliphatic rings. The van der Waals surface area contributed by atoms with Gasteiger partial charge in [-0.2, -0.15) is 5.10 Å². The highest BCUT2D eigenvalue weighted by Crippen LogP contribution is 2.41. The van der Waals surface area contributed by atoms with Crippen LogP contribution >= 0.6 is 0 Å². The molecule has 7 nitrogen and oxygen atoms in total. The molecule has 150 valence electrons. The first-order chi connectivity index (χ1) is 13.9. The highest BCUT2D eigenvalue weighted by atomic mass is 19.3. The molecule has 1 saturated heterocycles. The fraction of sp³-hybridized carbons (Fsp3) is 0.350. The second-order valence-electron chi connectivity index (χ2n) is 7.54. The van der Waals surface area contributed by atoms with Gasteiger partial charge in [-0.1, -0.05) is 0 Å². The third-order valence-electron chi connectivity index (χ3n) is 5.30. The number of nitrogens with one attached hydrogen (secondary N) is 1. The largest absolute Gasteiger partial charge is 0.490 e. The van der Waals surface area contributed by atoms with Crippen molar-refractivity contribution >= 4 is 22.9 Å². The van der Waals surface area contributed by atoms with Crippen molar-refractivity contribution in [1.82, 2.24) is 14.6 Å². The number of aromatic nitrogens is 3. The fourth-order valence-corrected chi connectivity index (χ4v) is 3.93. The summed E-state index contributed by atoms with van der Waals surface area (Å²) in [6, 6.07) is 5.29. The Labute approximate surface area is 165 Å². The van der Waals surface area contributed by atoms with E-state index >= 15 is 0 Å². The number of alkyl halides is 2. The van der Waals surface area contributed by atoms with Crippen LogP contribution in [0.5, 0.6) is 5.75 Å². The lowest BCUT2D eigenvalue weighted by Crippen LogP contribution is -2.26. The average Bonchev–Trinajstić information content (AvgIpc) is 3.36. The molecule has 1 fully saturated rings. The summed E-state index contributed by atoms with van der Waals surface area (Å²) in [7, 11) is 0. The number of hydrogen-bond acceptors (Lipinski definition) is 5. The Bertz CT molecular complexity index is 1110. The number of carbonyl (C=O) groups excluding carboxylic acids is 1. The van der Waals surface area contributed by atoms with E-state index in [1.165, 1.54) is 10.7 Å². The molecule has 0 bridgehead atoms. The molecular weight excluding hydrogens is 380 g/mol. The summed E-state index contributed by atoms with van der Waals surface area (Å²) in [6.07, 6.45) is 5.22. The first-order valence-electron chi connectivity index (χ1n) is 9.46. The first-order valence-corrected chi connectivity index (χ1v) is 9.46. The molecule has 2 aliphatic heterocycles. The number of amides is 1. The van der Waals surface area contributed by atoms with Crippen molar-refractivity contribution in [3.8, 4) is 5.75 Å². The molecule has 5 rings (SSSR count). The number of ether oxygens (including phenoxy) is 1. The van der Waals surface area contributed by atoms with Gasteiger partial charge in [0.25, 0.3) is 11.8 Å². The van der Waals surface area contributed by atoms with Crippen LogP contribution in [0, 0.1) is 0 Å². The Balaban J connectivity index is 1.52. The number of anilines is 2. The van der Waals surface area contributed by atoms with Crippen molar-refractivity contribution < 1.29 is 18.3 Å². The van der Waals surface area contributed by atoms with Crippen molar-refractivity contribution in [2.24, 2.45) is 0 Å². The quantitative estimate of drug-likeness (QED) is 0.733. The van der Waals surface area contributed by atoms with Gasteiger partial charge in [0.15, 0.2) is 5.65 Å². The highest BCUT2D eigenvalue weighted by molar-refractivity contribution is 6.09. The lowest BCUT2D eigenvalue weighted by atomic mass is 10.1. The fourth-order valence-electron chi connectivity index (χ4n) is 3.93. The van der Waals surface area contributed by atoms with Crippen LogP contribution in [-0.4, -0.2) is 45.6 Å². The molecule has 0 spiro atoms. The van der Waals surface area contributed by atoms with E-state index in [-0.39, 0.29) is 25.6 Å². The van der Waals surface area contributed by atoms with E-state index in [4.69, 9.17) is 4.74 Å². The zero-order valence-electron chi connectivity index (χ0n) is 15.7. The van der Waals surface area contributed by atoms with Crippen LogP contribution in [0.1, 0.15) is 29.3 Å². The number of benzene rings is 1. The molecule has 1 unspecified atom stereocenters. The third-order valence-corrected chi connectivity index (χ3v) is 5.30. The molecule has 0 saturated carbocycles. The van der Waals surface area contributed by atoms with Crippen LogP contribution in [0.4, 0.5) is 20.2 Å². The van der Waals surface area contributed by atoms with Crippen LogP contribution in [-0.2, 0) is 6.42 Å². The molecular formula is C20H19F2N5O2. The minimum Gasteiger partial charge on any atom is -0.490 e. The molecule has 0 aliphatic carbocycles. The number of hydrogen-bond donors (Lipinski definition) is 1. The Morgan fingerprint density at radius 1 is 1.38 bits per heavy atom. The Hall–Kier alpha value is -3.23. The molecule has 1 N–H and O–H groups in total. The first kappa shape index (κ1) is 17.8. The van der Waals surface area contributed by atoms with E-state index in [0.717, 1.165) is 5.56 Å². The topological polar surface area (TPSA) is 71.8 Å². The van der Waals surface area contributed by atoms with Gasteiger partial charge < -0.3 is 15.0 Å². The van der Waals surface area contributed by atoms with E-state index < -0.39 is 11.8 Å². The van der Waals surface area contributed by atoms with E-state index in [9.17, 15) is 13.6 Å². The van der Waals surface area contributed by atoms with Crippen LogP contribution in [0.25, 0.3) is 5.65 Å². The summed E-state index contributed by atoms with van der Waals surface area (Å²) in [4.78, 5) is 18.7. The van der Waals surface area contributed by atoms with Gasteiger partial charge >= 0.3 is 0 Å². The van der Waals surface area contributed by atoms with Crippen molar-refractivity contribution in [2.75, 3.05) is 23.3 Å². The summed E-state index contributed by atoms with van der Waals surface area (Å²) in [6.45, 7) is 1.78. The van der Waals surface area contributed by atoms with E-state index in [1.54, 1.807) is 29.4 Å². The molecule has 29 heavy (non-hydrogen) atoms. The predicted octanol–water partition coefficient (Wildman–Crippen LogP) is 3.15.